The topological polar surface area (TPSA) is 65.9 Å². The third kappa shape index (κ3) is 2.73. The number of nitriles is 1. The largest absolute Gasteiger partial charge is 0.483 e. The molecule has 0 bridgehead atoms. The fourth-order valence-electron chi connectivity index (χ4n) is 1.37. The molecule has 1 aromatic carbocycles. The van der Waals surface area contributed by atoms with Gasteiger partial charge in [0.1, 0.15) is 18.4 Å². The van der Waals surface area contributed by atoms with Crippen LogP contribution >= 0.6 is 0 Å². The molecule has 0 spiro atoms. The number of aromatic amines is 1. The third-order valence-corrected chi connectivity index (χ3v) is 2.23. The normalized spacial score (nSPS) is 9.59. The Morgan fingerprint density at radius 1 is 1.29 bits per heavy atom. The molecule has 0 unspecified atom stereocenters. The van der Waals surface area contributed by atoms with E-state index in [1.165, 1.54) is 12.3 Å². The van der Waals surface area contributed by atoms with Gasteiger partial charge in [0.05, 0.1) is 0 Å². The van der Waals surface area contributed by atoms with E-state index in [-0.39, 0.29) is 16.9 Å². The molecular formula is C13H10N2O2. The first-order chi connectivity index (χ1) is 8.29. The summed E-state index contributed by atoms with van der Waals surface area (Å²) < 4.78 is 5.37. The molecule has 4 nitrogen and oxygen atoms in total. The third-order valence-electron chi connectivity index (χ3n) is 2.23. The standard InChI is InChI=1S/C13H10N2O2/c14-7-11-6-12(16)13(8-15-11)17-9-10-4-2-1-3-5-10/h1-6,8H,9H2,(H,15,16). The zero-order valence-electron chi connectivity index (χ0n) is 9.01. The van der Waals surface area contributed by atoms with Crippen LogP contribution in [0.1, 0.15) is 11.3 Å². The predicted molar refractivity (Wildman–Crippen MR) is 62.6 cm³/mol. The summed E-state index contributed by atoms with van der Waals surface area (Å²) in [7, 11) is 0. The van der Waals surface area contributed by atoms with Gasteiger partial charge in [0, 0.05) is 12.3 Å². The molecule has 0 aliphatic rings. The Kier molecular flexibility index (Phi) is 3.22. The van der Waals surface area contributed by atoms with Gasteiger partial charge in [0.2, 0.25) is 5.43 Å². The summed E-state index contributed by atoms with van der Waals surface area (Å²) >= 11 is 0. The molecule has 4 heteroatoms. The molecule has 17 heavy (non-hydrogen) atoms. The van der Waals surface area contributed by atoms with Crippen LogP contribution in [-0.2, 0) is 6.61 Å². The first-order valence-corrected chi connectivity index (χ1v) is 5.09. The van der Waals surface area contributed by atoms with E-state index >= 15 is 0 Å². The number of benzene rings is 1. The molecule has 84 valence electrons. The number of pyridine rings is 1. The molecule has 0 saturated heterocycles. The molecule has 2 rings (SSSR count). The second-order valence-corrected chi connectivity index (χ2v) is 3.46. The number of ether oxygens (including phenoxy) is 1. The average Bonchev–Trinajstić information content (AvgIpc) is 2.38. The first-order valence-electron chi connectivity index (χ1n) is 5.09. The number of rotatable bonds is 3. The lowest BCUT2D eigenvalue weighted by Gasteiger charge is -2.04. The molecule has 0 atom stereocenters. The van der Waals surface area contributed by atoms with Crippen LogP contribution in [0.5, 0.6) is 5.75 Å². The van der Waals surface area contributed by atoms with Crippen LogP contribution in [0.25, 0.3) is 0 Å². The molecule has 2 aromatic rings. The van der Waals surface area contributed by atoms with Crippen molar-refractivity contribution in [1.29, 1.82) is 5.26 Å². The van der Waals surface area contributed by atoms with Crippen molar-refractivity contribution in [2.75, 3.05) is 0 Å². The second kappa shape index (κ2) is 4.99. The van der Waals surface area contributed by atoms with Crippen LogP contribution in [0, 0.1) is 11.3 Å². The summed E-state index contributed by atoms with van der Waals surface area (Å²) in [6.07, 6.45) is 1.41. The fraction of sp³-hybridized carbons (Fsp3) is 0.0769. The highest BCUT2D eigenvalue weighted by Gasteiger charge is 2.02. The minimum Gasteiger partial charge on any atom is -0.483 e. The highest BCUT2D eigenvalue weighted by atomic mass is 16.5. The van der Waals surface area contributed by atoms with Gasteiger partial charge >= 0.3 is 0 Å². The van der Waals surface area contributed by atoms with Gasteiger partial charge in [-0.15, -0.1) is 0 Å². The van der Waals surface area contributed by atoms with Crippen molar-refractivity contribution in [3.8, 4) is 11.8 Å². The monoisotopic (exact) mass is 226 g/mol. The van der Waals surface area contributed by atoms with Crippen LogP contribution in [0.4, 0.5) is 0 Å². The molecule has 1 N–H and O–H groups in total. The maximum atomic E-state index is 11.5. The number of aromatic nitrogens is 1. The van der Waals surface area contributed by atoms with Gasteiger partial charge < -0.3 is 9.72 Å². The van der Waals surface area contributed by atoms with Crippen molar-refractivity contribution in [3.63, 3.8) is 0 Å². The van der Waals surface area contributed by atoms with E-state index < -0.39 is 0 Å². The summed E-state index contributed by atoms with van der Waals surface area (Å²) in [4.78, 5) is 14.2. The van der Waals surface area contributed by atoms with E-state index in [0.29, 0.717) is 6.61 Å². The second-order valence-electron chi connectivity index (χ2n) is 3.46. The Bertz CT molecular complexity index is 597. The van der Waals surface area contributed by atoms with Gasteiger partial charge in [-0.1, -0.05) is 30.3 Å². The van der Waals surface area contributed by atoms with E-state index in [1.807, 2.05) is 36.4 Å². The van der Waals surface area contributed by atoms with Gasteiger partial charge in [-0.25, -0.2) is 0 Å². The van der Waals surface area contributed by atoms with Crippen LogP contribution in [0.15, 0.2) is 47.4 Å². The van der Waals surface area contributed by atoms with Crippen molar-refractivity contribution < 1.29 is 4.74 Å². The van der Waals surface area contributed by atoms with Gasteiger partial charge in [0.25, 0.3) is 0 Å². The maximum Gasteiger partial charge on any atom is 0.224 e. The zero-order valence-corrected chi connectivity index (χ0v) is 9.01. The lowest BCUT2D eigenvalue weighted by molar-refractivity contribution is 0.302. The van der Waals surface area contributed by atoms with Gasteiger partial charge in [-0.3, -0.25) is 4.79 Å². The van der Waals surface area contributed by atoms with E-state index in [4.69, 9.17) is 10.00 Å². The molecule has 0 aliphatic heterocycles. The molecule has 0 saturated carbocycles. The Balaban J connectivity index is 2.11. The van der Waals surface area contributed by atoms with Crippen molar-refractivity contribution in [3.05, 3.63) is 64.1 Å². The van der Waals surface area contributed by atoms with Crippen LogP contribution in [0.3, 0.4) is 0 Å². The molecule has 0 radical (unpaired) electrons. The molecule has 1 heterocycles. The van der Waals surface area contributed by atoms with Gasteiger partial charge in [-0.05, 0) is 5.56 Å². The average molecular weight is 226 g/mol. The fourth-order valence-corrected chi connectivity index (χ4v) is 1.37. The summed E-state index contributed by atoms with van der Waals surface area (Å²) in [6, 6.07) is 12.6. The molecule has 0 fully saturated rings. The quantitative estimate of drug-likeness (QED) is 0.868. The maximum absolute atomic E-state index is 11.5. The Labute approximate surface area is 98.1 Å². The first kappa shape index (κ1) is 11.0. The van der Waals surface area contributed by atoms with E-state index in [9.17, 15) is 4.79 Å². The zero-order chi connectivity index (χ0) is 12.1. The van der Waals surface area contributed by atoms with E-state index in [1.54, 1.807) is 0 Å². The lowest BCUT2D eigenvalue weighted by atomic mass is 10.2. The van der Waals surface area contributed by atoms with Crippen molar-refractivity contribution in [1.82, 2.24) is 4.98 Å². The van der Waals surface area contributed by atoms with Gasteiger partial charge in [0.15, 0.2) is 5.75 Å². The number of nitrogens with zero attached hydrogens (tertiary/aromatic N) is 1. The van der Waals surface area contributed by atoms with Gasteiger partial charge in [-0.2, -0.15) is 5.26 Å². The Morgan fingerprint density at radius 2 is 2.06 bits per heavy atom. The molecule has 0 aliphatic carbocycles. The minimum absolute atomic E-state index is 0.216. The summed E-state index contributed by atoms with van der Waals surface area (Å²) in [5, 5.41) is 8.60. The van der Waals surface area contributed by atoms with Crippen molar-refractivity contribution in [2.45, 2.75) is 6.61 Å². The SMILES string of the molecule is N#Cc1cc(=O)c(OCc2ccccc2)c[nH]1. The molecule has 0 amide bonds. The predicted octanol–water partition coefficient (Wildman–Crippen LogP) is 1.83. The van der Waals surface area contributed by atoms with Crippen LogP contribution in [-0.4, -0.2) is 4.98 Å². The van der Waals surface area contributed by atoms with Crippen LogP contribution < -0.4 is 10.2 Å². The number of hydrogen-bond acceptors (Lipinski definition) is 3. The van der Waals surface area contributed by atoms with Crippen molar-refractivity contribution >= 4 is 0 Å². The Hall–Kier alpha value is -2.54. The summed E-state index contributed by atoms with van der Waals surface area (Å²) in [5.74, 6) is 0.216. The van der Waals surface area contributed by atoms with Crippen molar-refractivity contribution in [2.24, 2.45) is 0 Å². The van der Waals surface area contributed by atoms with Crippen LogP contribution in [0.2, 0.25) is 0 Å². The van der Waals surface area contributed by atoms with E-state index in [2.05, 4.69) is 4.98 Å². The smallest absolute Gasteiger partial charge is 0.224 e. The molecule has 1 aromatic heterocycles. The number of H-pyrrole nitrogens is 1. The minimum atomic E-state index is -0.295. The number of hydrogen-bond donors (Lipinski definition) is 1. The number of nitrogens with one attached hydrogen (secondary N) is 1. The highest BCUT2D eigenvalue weighted by molar-refractivity contribution is 5.27. The molecular weight excluding hydrogens is 216 g/mol. The van der Waals surface area contributed by atoms with E-state index in [0.717, 1.165) is 5.56 Å². The highest BCUT2D eigenvalue weighted by Crippen LogP contribution is 2.06. The lowest BCUT2D eigenvalue weighted by Crippen LogP contribution is -2.08. The summed E-state index contributed by atoms with van der Waals surface area (Å²) in [5.41, 5.74) is 0.912. The Morgan fingerprint density at radius 3 is 2.71 bits per heavy atom. The summed E-state index contributed by atoms with van der Waals surface area (Å²) in [6.45, 7) is 0.329.